The summed E-state index contributed by atoms with van der Waals surface area (Å²) >= 11 is 3.40. The summed E-state index contributed by atoms with van der Waals surface area (Å²) in [5.74, 6) is -0.0760. The van der Waals surface area contributed by atoms with Crippen LogP contribution in [-0.4, -0.2) is 15.7 Å². The number of carbonyl (C=O) groups is 1. The van der Waals surface area contributed by atoms with Crippen LogP contribution in [0.3, 0.4) is 0 Å². The second-order valence-corrected chi connectivity index (χ2v) is 5.59. The molecule has 0 spiro atoms. The minimum atomic E-state index is -0.354. The molecule has 1 unspecified atom stereocenters. The molecule has 0 aliphatic rings. The molecule has 1 N–H and O–H groups in total. The summed E-state index contributed by atoms with van der Waals surface area (Å²) in [6, 6.07) is 7.55. The third kappa shape index (κ3) is 3.10. The molecule has 0 radical (unpaired) electrons. The normalized spacial score (nSPS) is 12.2. The second kappa shape index (κ2) is 6.22. The molecule has 0 bridgehead atoms. The lowest BCUT2D eigenvalue weighted by Gasteiger charge is -2.14. The highest BCUT2D eigenvalue weighted by Gasteiger charge is 2.18. The third-order valence-electron chi connectivity index (χ3n) is 3.36. The molecule has 0 saturated carbocycles. The Balaban J connectivity index is 2.09. The van der Waals surface area contributed by atoms with Crippen molar-refractivity contribution >= 4 is 27.5 Å². The maximum absolute atomic E-state index is 12.2. The lowest BCUT2D eigenvalue weighted by molar-refractivity contribution is -0.119. The van der Waals surface area contributed by atoms with Gasteiger partial charge in [0.15, 0.2) is 0 Å². The quantitative estimate of drug-likeness (QED) is 0.925. The van der Waals surface area contributed by atoms with Crippen LogP contribution in [0.25, 0.3) is 0 Å². The monoisotopic (exact) mass is 335 g/mol. The van der Waals surface area contributed by atoms with E-state index in [0.29, 0.717) is 0 Å². The van der Waals surface area contributed by atoms with E-state index in [1.54, 1.807) is 10.9 Å². The van der Waals surface area contributed by atoms with Gasteiger partial charge in [0.1, 0.15) is 6.04 Å². The summed E-state index contributed by atoms with van der Waals surface area (Å²) < 4.78 is 2.62. The number of hydrogen-bond donors (Lipinski definition) is 1. The predicted molar refractivity (Wildman–Crippen MR) is 83.8 cm³/mol. The standard InChI is InChI=1S/C15H18BrN3O/c1-4-12-5-7-13(8-6-12)18-15(20)11(3)19-10(2)14(16)9-17-19/h5-9,11H,4H2,1-3H3,(H,18,20). The van der Waals surface area contributed by atoms with Crippen molar-refractivity contribution in [1.82, 2.24) is 9.78 Å². The maximum atomic E-state index is 12.2. The van der Waals surface area contributed by atoms with Crippen molar-refractivity contribution in [2.45, 2.75) is 33.2 Å². The Bertz CT molecular complexity index is 604. The molecule has 2 aromatic rings. The van der Waals surface area contributed by atoms with Crippen molar-refractivity contribution in [3.63, 3.8) is 0 Å². The Morgan fingerprint density at radius 3 is 2.55 bits per heavy atom. The summed E-state index contributed by atoms with van der Waals surface area (Å²) in [6.07, 6.45) is 2.69. The molecule has 1 atom stereocenters. The van der Waals surface area contributed by atoms with Crippen molar-refractivity contribution in [2.24, 2.45) is 0 Å². The number of halogens is 1. The summed E-state index contributed by atoms with van der Waals surface area (Å²) in [4.78, 5) is 12.2. The average molecular weight is 336 g/mol. The van der Waals surface area contributed by atoms with Gasteiger partial charge in [0.2, 0.25) is 5.91 Å². The zero-order valence-corrected chi connectivity index (χ0v) is 13.4. The van der Waals surface area contributed by atoms with Crippen molar-refractivity contribution in [3.05, 3.63) is 46.2 Å². The van der Waals surface area contributed by atoms with Crippen LogP contribution >= 0.6 is 15.9 Å². The fraction of sp³-hybridized carbons (Fsp3) is 0.333. The van der Waals surface area contributed by atoms with Crippen molar-refractivity contribution in [2.75, 3.05) is 5.32 Å². The molecule has 5 heteroatoms. The smallest absolute Gasteiger partial charge is 0.248 e. The van der Waals surface area contributed by atoms with Gasteiger partial charge in [-0.25, -0.2) is 0 Å². The Morgan fingerprint density at radius 1 is 1.40 bits per heavy atom. The molecule has 0 aliphatic carbocycles. The maximum Gasteiger partial charge on any atom is 0.248 e. The second-order valence-electron chi connectivity index (χ2n) is 4.74. The summed E-state index contributed by atoms with van der Waals surface area (Å²) in [7, 11) is 0. The van der Waals surface area contributed by atoms with Crippen LogP contribution in [0.2, 0.25) is 0 Å². The highest BCUT2D eigenvalue weighted by Crippen LogP contribution is 2.19. The molecule has 1 aromatic carbocycles. The van der Waals surface area contributed by atoms with E-state index < -0.39 is 0 Å². The topological polar surface area (TPSA) is 46.9 Å². The average Bonchev–Trinajstić information content (AvgIpc) is 2.79. The van der Waals surface area contributed by atoms with Crippen molar-refractivity contribution < 1.29 is 4.79 Å². The highest BCUT2D eigenvalue weighted by molar-refractivity contribution is 9.10. The molecule has 0 aliphatic heterocycles. The molecular formula is C15H18BrN3O. The fourth-order valence-electron chi connectivity index (χ4n) is 1.97. The van der Waals surface area contributed by atoms with Crippen LogP contribution in [-0.2, 0) is 11.2 Å². The molecule has 20 heavy (non-hydrogen) atoms. The number of nitrogens with one attached hydrogen (secondary N) is 1. The van der Waals surface area contributed by atoms with Crippen LogP contribution in [0.5, 0.6) is 0 Å². The van der Waals surface area contributed by atoms with Gasteiger partial charge in [0.25, 0.3) is 0 Å². The number of aromatic nitrogens is 2. The zero-order valence-electron chi connectivity index (χ0n) is 11.9. The van der Waals surface area contributed by atoms with Gasteiger partial charge < -0.3 is 5.32 Å². The Hall–Kier alpha value is -1.62. The Morgan fingerprint density at radius 2 is 2.05 bits per heavy atom. The van der Waals surface area contributed by atoms with Crippen LogP contribution in [0, 0.1) is 6.92 Å². The first kappa shape index (κ1) is 14.8. The van der Waals surface area contributed by atoms with Gasteiger partial charge in [0.05, 0.1) is 16.4 Å². The van der Waals surface area contributed by atoms with E-state index in [1.807, 2.05) is 38.1 Å². The zero-order chi connectivity index (χ0) is 14.7. The number of carbonyl (C=O) groups excluding carboxylic acids is 1. The summed E-state index contributed by atoms with van der Waals surface area (Å²) in [5.41, 5.74) is 3.00. The molecular weight excluding hydrogens is 318 g/mol. The van der Waals surface area contributed by atoms with Crippen LogP contribution in [0.4, 0.5) is 5.69 Å². The molecule has 2 rings (SSSR count). The summed E-state index contributed by atoms with van der Waals surface area (Å²) in [5, 5.41) is 7.13. The Labute approximate surface area is 127 Å². The van der Waals surface area contributed by atoms with Gasteiger partial charge in [-0.15, -0.1) is 0 Å². The SMILES string of the molecule is CCc1ccc(NC(=O)C(C)n2ncc(Br)c2C)cc1. The van der Waals surface area contributed by atoms with Crippen molar-refractivity contribution in [3.8, 4) is 0 Å². The molecule has 4 nitrogen and oxygen atoms in total. The van der Waals surface area contributed by atoms with E-state index in [4.69, 9.17) is 0 Å². The van der Waals surface area contributed by atoms with E-state index in [2.05, 4.69) is 33.3 Å². The summed E-state index contributed by atoms with van der Waals surface area (Å²) in [6.45, 7) is 5.87. The third-order valence-corrected chi connectivity index (χ3v) is 4.14. The first-order valence-corrected chi connectivity index (χ1v) is 7.41. The lowest BCUT2D eigenvalue weighted by atomic mass is 10.1. The molecule has 1 heterocycles. The van der Waals surface area contributed by atoms with Gasteiger partial charge in [-0.05, 0) is 53.9 Å². The minimum absolute atomic E-state index is 0.0760. The van der Waals surface area contributed by atoms with Gasteiger partial charge in [-0.3, -0.25) is 9.48 Å². The number of aryl methyl sites for hydroxylation is 1. The number of nitrogens with zero attached hydrogens (tertiary/aromatic N) is 2. The number of benzene rings is 1. The highest BCUT2D eigenvalue weighted by atomic mass is 79.9. The lowest BCUT2D eigenvalue weighted by Crippen LogP contribution is -2.25. The number of hydrogen-bond acceptors (Lipinski definition) is 2. The van der Waals surface area contributed by atoms with Crippen LogP contribution in [0.1, 0.15) is 31.1 Å². The molecule has 106 valence electrons. The first-order valence-electron chi connectivity index (χ1n) is 6.62. The number of anilines is 1. The number of rotatable bonds is 4. The first-order chi connectivity index (χ1) is 9.52. The van der Waals surface area contributed by atoms with E-state index in [0.717, 1.165) is 22.3 Å². The largest absolute Gasteiger partial charge is 0.324 e. The van der Waals surface area contributed by atoms with E-state index in [-0.39, 0.29) is 11.9 Å². The van der Waals surface area contributed by atoms with E-state index in [1.165, 1.54) is 5.56 Å². The predicted octanol–water partition coefficient (Wildman–Crippen LogP) is 3.72. The molecule has 0 fully saturated rings. The molecule has 1 aromatic heterocycles. The van der Waals surface area contributed by atoms with Crippen LogP contribution < -0.4 is 5.32 Å². The van der Waals surface area contributed by atoms with Gasteiger partial charge in [-0.1, -0.05) is 19.1 Å². The van der Waals surface area contributed by atoms with Crippen molar-refractivity contribution in [1.29, 1.82) is 0 Å². The van der Waals surface area contributed by atoms with Crippen LogP contribution in [0.15, 0.2) is 34.9 Å². The fourth-order valence-corrected chi connectivity index (χ4v) is 2.25. The minimum Gasteiger partial charge on any atom is -0.324 e. The molecule has 0 saturated heterocycles. The van der Waals surface area contributed by atoms with E-state index in [9.17, 15) is 4.79 Å². The van der Waals surface area contributed by atoms with Gasteiger partial charge in [-0.2, -0.15) is 5.10 Å². The Kier molecular flexibility index (Phi) is 4.60. The van der Waals surface area contributed by atoms with Gasteiger partial charge >= 0.3 is 0 Å². The number of amides is 1. The van der Waals surface area contributed by atoms with Gasteiger partial charge in [0, 0.05) is 5.69 Å². The molecule has 1 amide bonds. The van der Waals surface area contributed by atoms with E-state index >= 15 is 0 Å².